The van der Waals surface area contributed by atoms with Gasteiger partial charge in [-0.3, -0.25) is 4.79 Å². The van der Waals surface area contributed by atoms with Crippen LogP contribution in [0.15, 0.2) is 48.5 Å². The Balaban J connectivity index is 1.33. The van der Waals surface area contributed by atoms with Crippen molar-refractivity contribution in [2.45, 2.75) is 39.2 Å². The molecule has 1 atom stereocenters. The lowest BCUT2D eigenvalue weighted by atomic mass is 10.0. The van der Waals surface area contributed by atoms with Gasteiger partial charge in [-0.1, -0.05) is 29.8 Å². The molecule has 1 aliphatic heterocycles. The summed E-state index contributed by atoms with van der Waals surface area (Å²) in [4.78, 5) is 13.2. The predicted molar refractivity (Wildman–Crippen MR) is 125 cm³/mol. The highest BCUT2D eigenvalue weighted by molar-refractivity contribution is 7.10. The van der Waals surface area contributed by atoms with Gasteiger partial charge in [0.15, 0.2) is 6.61 Å². The summed E-state index contributed by atoms with van der Waals surface area (Å²) in [6.45, 7) is 5.53. The van der Waals surface area contributed by atoms with E-state index in [4.69, 9.17) is 9.47 Å². The second-order valence-corrected chi connectivity index (χ2v) is 8.73. The van der Waals surface area contributed by atoms with E-state index in [1.165, 1.54) is 33.1 Å². The van der Waals surface area contributed by atoms with Gasteiger partial charge in [-0.15, -0.1) is 0 Å². The third-order valence-corrected chi connectivity index (χ3v) is 6.53. The number of hydrogen-bond donors (Lipinski definition) is 1. The molecule has 2 heterocycles. The molecule has 1 aliphatic rings. The van der Waals surface area contributed by atoms with Gasteiger partial charge in [0, 0.05) is 18.7 Å². The highest BCUT2D eigenvalue weighted by atomic mass is 32.1. The molecule has 1 fully saturated rings. The van der Waals surface area contributed by atoms with Crippen molar-refractivity contribution in [1.82, 2.24) is 9.69 Å². The number of nitrogens with zero attached hydrogens (tertiary/aromatic N) is 1. The molecule has 3 aromatic rings. The molecular formula is C25H28N2O3S. The molecule has 0 saturated carbocycles. The number of carbonyl (C=O) groups is 1. The van der Waals surface area contributed by atoms with Gasteiger partial charge >= 0.3 is 0 Å². The lowest BCUT2D eigenvalue weighted by Gasteiger charge is -2.22. The average Bonchev–Trinajstić information content (AvgIpc) is 3.19. The van der Waals surface area contributed by atoms with Crippen LogP contribution in [0, 0.1) is 13.8 Å². The van der Waals surface area contributed by atoms with Gasteiger partial charge < -0.3 is 14.8 Å². The smallest absolute Gasteiger partial charge is 0.258 e. The topological polar surface area (TPSA) is 60.5 Å². The van der Waals surface area contributed by atoms with Crippen molar-refractivity contribution >= 4 is 17.4 Å². The Morgan fingerprint density at radius 2 is 1.84 bits per heavy atom. The lowest BCUT2D eigenvalue weighted by Crippen LogP contribution is -2.37. The standard InChI is InChI=1S/C25H28N2O3S/c1-17-6-8-20(9-7-17)25-18(2)24(27-31-25)19-10-12-21(13-11-19)30-16-23(28)26-15-22-5-3-4-14-29-22/h6-13,22H,3-5,14-16H2,1-2H3,(H,26,28). The maximum absolute atomic E-state index is 12.1. The molecule has 6 heteroatoms. The largest absolute Gasteiger partial charge is 0.484 e. The molecule has 0 spiro atoms. The fourth-order valence-electron chi connectivity index (χ4n) is 3.68. The number of benzene rings is 2. The van der Waals surface area contributed by atoms with Gasteiger partial charge in [-0.05, 0) is 80.0 Å². The number of rotatable bonds is 7. The van der Waals surface area contributed by atoms with Gasteiger partial charge in [0.1, 0.15) is 5.75 Å². The van der Waals surface area contributed by atoms with E-state index in [2.05, 4.69) is 47.8 Å². The van der Waals surface area contributed by atoms with Gasteiger partial charge in [0.2, 0.25) is 0 Å². The van der Waals surface area contributed by atoms with Crippen LogP contribution in [0.1, 0.15) is 30.4 Å². The number of aryl methyl sites for hydroxylation is 1. The molecule has 1 unspecified atom stereocenters. The van der Waals surface area contributed by atoms with E-state index in [9.17, 15) is 4.79 Å². The number of nitrogens with one attached hydrogen (secondary N) is 1. The Morgan fingerprint density at radius 1 is 1.10 bits per heavy atom. The van der Waals surface area contributed by atoms with Crippen molar-refractivity contribution in [2.75, 3.05) is 19.8 Å². The molecule has 0 aliphatic carbocycles. The third-order valence-electron chi connectivity index (χ3n) is 5.54. The SMILES string of the molecule is Cc1ccc(-c2snc(-c3ccc(OCC(=O)NCC4CCCCO4)cc3)c2C)cc1. The summed E-state index contributed by atoms with van der Waals surface area (Å²) in [5, 5.41) is 2.89. The fourth-order valence-corrected chi connectivity index (χ4v) is 4.58. The Labute approximate surface area is 187 Å². The van der Waals surface area contributed by atoms with Crippen molar-refractivity contribution in [3.63, 3.8) is 0 Å². The average molecular weight is 437 g/mol. The van der Waals surface area contributed by atoms with E-state index in [1.54, 1.807) is 0 Å². The van der Waals surface area contributed by atoms with E-state index in [0.717, 1.165) is 37.1 Å². The maximum Gasteiger partial charge on any atom is 0.258 e. The van der Waals surface area contributed by atoms with Crippen molar-refractivity contribution in [3.05, 3.63) is 59.7 Å². The molecule has 0 radical (unpaired) electrons. The first kappa shape index (κ1) is 21.5. The Bertz CT molecular complexity index is 1010. The molecule has 31 heavy (non-hydrogen) atoms. The molecular weight excluding hydrogens is 408 g/mol. The van der Waals surface area contributed by atoms with Crippen LogP contribution in [-0.2, 0) is 9.53 Å². The highest BCUT2D eigenvalue weighted by Crippen LogP contribution is 2.35. The van der Waals surface area contributed by atoms with Crippen molar-refractivity contribution in [2.24, 2.45) is 0 Å². The summed E-state index contributed by atoms with van der Waals surface area (Å²) in [5.41, 5.74) is 5.64. The van der Waals surface area contributed by atoms with Crippen LogP contribution in [0.2, 0.25) is 0 Å². The fraction of sp³-hybridized carbons (Fsp3) is 0.360. The van der Waals surface area contributed by atoms with E-state index in [1.807, 2.05) is 24.3 Å². The predicted octanol–water partition coefficient (Wildman–Crippen LogP) is 5.16. The molecule has 0 bridgehead atoms. The monoisotopic (exact) mass is 436 g/mol. The molecule has 1 N–H and O–H groups in total. The van der Waals surface area contributed by atoms with Gasteiger partial charge in [-0.2, -0.15) is 4.37 Å². The number of hydrogen-bond acceptors (Lipinski definition) is 5. The minimum Gasteiger partial charge on any atom is -0.484 e. The number of amides is 1. The van der Waals surface area contributed by atoms with Crippen LogP contribution >= 0.6 is 11.5 Å². The zero-order valence-corrected chi connectivity index (χ0v) is 18.8. The first-order chi connectivity index (χ1) is 15.1. The molecule has 5 nitrogen and oxygen atoms in total. The van der Waals surface area contributed by atoms with E-state index in [0.29, 0.717) is 12.3 Å². The van der Waals surface area contributed by atoms with E-state index < -0.39 is 0 Å². The molecule has 1 amide bonds. The molecule has 1 saturated heterocycles. The summed E-state index contributed by atoms with van der Waals surface area (Å²) >= 11 is 1.52. The zero-order valence-electron chi connectivity index (χ0n) is 18.0. The van der Waals surface area contributed by atoms with E-state index in [-0.39, 0.29) is 18.6 Å². The summed E-state index contributed by atoms with van der Waals surface area (Å²) < 4.78 is 16.0. The highest BCUT2D eigenvalue weighted by Gasteiger charge is 2.15. The zero-order chi connectivity index (χ0) is 21.6. The normalized spacial score (nSPS) is 16.1. The van der Waals surface area contributed by atoms with Crippen LogP contribution < -0.4 is 10.1 Å². The van der Waals surface area contributed by atoms with Gasteiger partial charge in [-0.25, -0.2) is 0 Å². The minimum atomic E-state index is -0.128. The second kappa shape index (κ2) is 10.1. The molecule has 4 rings (SSSR count). The second-order valence-electron chi connectivity index (χ2n) is 7.96. The molecule has 162 valence electrons. The lowest BCUT2D eigenvalue weighted by molar-refractivity contribution is -0.124. The van der Waals surface area contributed by atoms with Gasteiger partial charge in [0.25, 0.3) is 5.91 Å². The van der Waals surface area contributed by atoms with E-state index >= 15 is 0 Å². The summed E-state index contributed by atoms with van der Waals surface area (Å²) in [7, 11) is 0. The first-order valence-electron chi connectivity index (χ1n) is 10.7. The minimum absolute atomic E-state index is 0.000627. The van der Waals surface area contributed by atoms with Crippen LogP contribution in [0.3, 0.4) is 0 Å². The Morgan fingerprint density at radius 3 is 2.55 bits per heavy atom. The van der Waals surface area contributed by atoms with Crippen LogP contribution in [-0.4, -0.2) is 36.1 Å². The summed E-state index contributed by atoms with van der Waals surface area (Å²) in [5.74, 6) is 0.538. The van der Waals surface area contributed by atoms with Crippen molar-refractivity contribution < 1.29 is 14.3 Å². The quantitative estimate of drug-likeness (QED) is 0.556. The number of ether oxygens (including phenoxy) is 2. The Kier molecular flexibility index (Phi) is 6.99. The van der Waals surface area contributed by atoms with Crippen LogP contribution in [0.25, 0.3) is 21.7 Å². The number of carbonyl (C=O) groups excluding carboxylic acids is 1. The van der Waals surface area contributed by atoms with Crippen LogP contribution in [0.4, 0.5) is 0 Å². The summed E-state index contributed by atoms with van der Waals surface area (Å²) in [6, 6.07) is 16.3. The van der Waals surface area contributed by atoms with Crippen molar-refractivity contribution in [3.8, 4) is 27.4 Å². The van der Waals surface area contributed by atoms with Gasteiger partial charge in [0.05, 0.1) is 16.7 Å². The Hall–Kier alpha value is -2.70. The summed E-state index contributed by atoms with van der Waals surface area (Å²) in [6.07, 6.45) is 3.40. The molecule has 2 aromatic carbocycles. The first-order valence-corrected chi connectivity index (χ1v) is 11.5. The van der Waals surface area contributed by atoms with Crippen LogP contribution in [0.5, 0.6) is 5.75 Å². The number of aromatic nitrogens is 1. The maximum atomic E-state index is 12.1. The third kappa shape index (κ3) is 5.51. The molecule has 1 aromatic heterocycles. The van der Waals surface area contributed by atoms with Crippen molar-refractivity contribution in [1.29, 1.82) is 0 Å².